The Balaban J connectivity index is 1.71. The fourth-order valence-corrected chi connectivity index (χ4v) is 3.85. The topological polar surface area (TPSA) is 35.6 Å². The fraction of sp³-hybridized carbons (Fsp3) is 0.588. The van der Waals surface area contributed by atoms with E-state index in [2.05, 4.69) is 5.32 Å². The van der Waals surface area contributed by atoms with Gasteiger partial charge in [-0.2, -0.15) is 0 Å². The predicted octanol–water partition coefficient (Wildman–Crippen LogP) is 2.93. The van der Waals surface area contributed by atoms with Crippen LogP contribution < -0.4 is 5.32 Å². The number of hydrogen-bond donors (Lipinski definition) is 1. The van der Waals surface area contributed by atoms with E-state index < -0.39 is 0 Å². The van der Waals surface area contributed by atoms with Crippen molar-refractivity contribution in [2.75, 3.05) is 25.9 Å². The first-order valence-corrected chi connectivity index (χ1v) is 9.43. The number of thioether (sulfide) groups is 1. The molecule has 2 aliphatic rings. The van der Waals surface area contributed by atoms with Crippen LogP contribution in [0, 0.1) is 5.82 Å². The summed E-state index contributed by atoms with van der Waals surface area (Å²) in [6, 6.07) is 5.76. The molecule has 0 bridgehead atoms. The van der Waals surface area contributed by atoms with Crippen LogP contribution in [0.15, 0.2) is 23.1 Å². The van der Waals surface area contributed by atoms with Crippen molar-refractivity contribution >= 4 is 17.8 Å². The molecule has 2 amide bonds. The van der Waals surface area contributed by atoms with Crippen LogP contribution >= 0.6 is 11.8 Å². The molecule has 0 aromatic heterocycles. The first-order chi connectivity index (χ1) is 11.1. The largest absolute Gasteiger partial charge is 0.320 e. The number of carbonyl (C=O) groups is 1. The number of rotatable bonds is 4. The van der Waals surface area contributed by atoms with Crippen LogP contribution in [-0.2, 0) is 6.54 Å². The molecule has 2 aliphatic heterocycles. The van der Waals surface area contributed by atoms with Gasteiger partial charge in [-0.3, -0.25) is 0 Å². The molecule has 4 nitrogen and oxygen atoms in total. The van der Waals surface area contributed by atoms with Gasteiger partial charge in [0.25, 0.3) is 0 Å². The molecule has 6 heteroatoms. The van der Waals surface area contributed by atoms with Crippen LogP contribution in [0.25, 0.3) is 0 Å². The van der Waals surface area contributed by atoms with E-state index in [-0.39, 0.29) is 17.9 Å². The third kappa shape index (κ3) is 3.48. The molecule has 1 aromatic rings. The Morgan fingerprint density at radius 1 is 1.35 bits per heavy atom. The van der Waals surface area contributed by atoms with Gasteiger partial charge in [-0.25, -0.2) is 9.18 Å². The fourth-order valence-electron chi connectivity index (χ4n) is 3.43. The van der Waals surface area contributed by atoms with Crippen molar-refractivity contribution in [1.82, 2.24) is 15.1 Å². The van der Waals surface area contributed by atoms with Gasteiger partial charge < -0.3 is 15.1 Å². The Morgan fingerprint density at radius 3 is 2.74 bits per heavy atom. The predicted molar refractivity (Wildman–Crippen MR) is 91.2 cm³/mol. The van der Waals surface area contributed by atoms with Crippen molar-refractivity contribution in [3.05, 3.63) is 29.6 Å². The lowest BCUT2D eigenvalue weighted by Crippen LogP contribution is -2.45. The van der Waals surface area contributed by atoms with Crippen LogP contribution in [0.4, 0.5) is 9.18 Å². The van der Waals surface area contributed by atoms with Gasteiger partial charge in [-0.05, 0) is 51.2 Å². The third-order valence-electron chi connectivity index (χ3n) is 4.83. The zero-order valence-electron chi connectivity index (χ0n) is 13.7. The van der Waals surface area contributed by atoms with Crippen molar-refractivity contribution in [3.8, 4) is 0 Å². The van der Waals surface area contributed by atoms with Crippen molar-refractivity contribution in [2.24, 2.45) is 0 Å². The number of nitrogens with zero attached hydrogens (tertiary/aromatic N) is 2. The van der Waals surface area contributed by atoms with E-state index in [9.17, 15) is 9.18 Å². The van der Waals surface area contributed by atoms with Crippen molar-refractivity contribution in [1.29, 1.82) is 0 Å². The summed E-state index contributed by atoms with van der Waals surface area (Å²) in [6.45, 7) is 5.07. The van der Waals surface area contributed by atoms with Gasteiger partial charge in [0.1, 0.15) is 5.82 Å². The zero-order chi connectivity index (χ0) is 16.4. The molecular weight excluding hydrogens is 313 g/mol. The van der Waals surface area contributed by atoms with E-state index in [1.807, 2.05) is 24.1 Å². The van der Waals surface area contributed by atoms with Crippen LogP contribution in [-0.4, -0.2) is 53.8 Å². The molecule has 23 heavy (non-hydrogen) atoms. The highest BCUT2D eigenvalue weighted by atomic mass is 32.2. The Hall–Kier alpha value is -1.27. The summed E-state index contributed by atoms with van der Waals surface area (Å²) in [7, 11) is 0. The van der Waals surface area contributed by atoms with Crippen LogP contribution in [0.2, 0.25) is 0 Å². The number of carbonyl (C=O) groups excluding carboxylic acids is 1. The number of benzene rings is 1. The van der Waals surface area contributed by atoms with Gasteiger partial charge in [0.05, 0.1) is 6.54 Å². The summed E-state index contributed by atoms with van der Waals surface area (Å²) < 4.78 is 14.2. The standard InChI is InChI=1S/C17H24FN3OS/c1-12-10-21(14-5-7-19-8-6-14)17(22)20(12)11-13-3-4-15(23-2)9-16(13)18/h3-4,9,12,14,19H,5-8,10-11H2,1-2H3. The van der Waals surface area contributed by atoms with Crippen LogP contribution in [0.5, 0.6) is 0 Å². The molecule has 1 N–H and O–H groups in total. The SMILES string of the molecule is CSc1ccc(CN2C(=O)N(C3CCNCC3)CC2C)c(F)c1. The number of piperidine rings is 1. The quantitative estimate of drug-likeness (QED) is 0.858. The van der Waals surface area contributed by atoms with Crippen LogP contribution in [0.3, 0.4) is 0 Å². The molecule has 0 spiro atoms. The lowest BCUT2D eigenvalue weighted by molar-refractivity contribution is 0.163. The molecule has 126 valence electrons. The van der Waals surface area contributed by atoms with Crippen molar-refractivity contribution in [2.45, 2.75) is 43.3 Å². The minimum Gasteiger partial charge on any atom is -0.320 e. The summed E-state index contributed by atoms with van der Waals surface area (Å²) in [5.74, 6) is -0.225. The van der Waals surface area contributed by atoms with Gasteiger partial charge in [0.15, 0.2) is 0 Å². The molecular formula is C17H24FN3OS. The van der Waals surface area contributed by atoms with E-state index in [1.54, 1.807) is 17.0 Å². The summed E-state index contributed by atoms with van der Waals surface area (Å²) in [4.78, 5) is 17.5. The summed E-state index contributed by atoms with van der Waals surface area (Å²) in [6.07, 6.45) is 3.93. The molecule has 0 saturated carbocycles. The normalized spacial score (nSPS) is 22.9. The lowest BCUT2D eigenvalue weighted by Gasteiger charge is -2.31. The highest BCUT2D eigenvalue weighted by molar-refractivity contribution is 7.98. The monoisotopic (exact) mass is 337 g/mol. The first-order valence-electron chi connectivity index (χ1n) is 8.20. The van der Waals surface area contributed by atoms with E-state index >= 15 is 0 Å². The molecule has 2 fully saturated rings. The molecule has 1 aromatic carbocycles. The smallest absolute Gasteiger partial charge is 0.320 e. The van der Waals surface area contributed by atoms with Crippen LogP contribution in [0.1, 0.15) is 25.3 Å². The average molecular weight is 337 g/mol. The van der Waals surface area contributed by atoms with Gasteiger partial charge in [0, 0.05) is 29.1 Å². The molecule has 1 unspecified atom stereocenters. The van der Waals surface area contributed by atoms with E-state index in [0.717, 1.165) is 37.4 Å². The number of hydrogen-bond acceptors (Lipinski definition) is 3. The Morgan fingerprint density at radius 2 is 2.09 bits per heavy atom. The number of urea groups is 1. The molecule has 2 heterocycles. The first kappa shape index (κ1) is 16.6. The summed E-state index contributed by atoms with van der Waals surface area (Å²) in [5, 5.41) is 3.33. The van der Waals surface area contributed by atoms with E-state index in [0.29, 0.717) is 18.2 Å². The second-order valence-electron chi connectivity index (χ2n) is 6.35. The molecule has 0 aliphatic carbocycles. The van der Waals surface area contributed by atoms with Gasteiger partial charge in [0.2, 0.25) is 0 Å². The maximum absolute atomic E-state index is 14.2. The minimum absolute atomic E-state index is 0.0535. The Kier molecular flexibility index (Phi) is 5.11. The molecule has 3 rings (SSSR count). The minimum atomic E-state index is -0.225. The maximum atomic E-state index is 14.2. The number of halogens is 1. The van der Waals surface area contributed by atoms with Crippen molar-refractivity contribution in [3.63, 3.8) is 0 Å². The molecule has 0 radical (unpaired) electrons. The maximum Gasteiger partial charge on any atom is 0.320 e. The van der Waals surface area contributed by atoms with E-state index in [1.165, 1.54) is 11.8 Å². The van der Waals surface area contributed by atoms with Gasteiger partial charge >= 0.3 is 6.03 Å². The zero-order valence-corrected chi connectivity index (χ0v) is 14.5. The third-order valence-corrected chi connectivity index (χ3v) is 5.56. The Labute approximate surface area is 141 Å². The van der Waals surface area contributed by atoms with Gasteiger partial charge in [-0.1, -0.05) is 6.07 Å². The Bertz CT molecular complexity index is 577. The summed E-state index contributed by atoms with van der Waals surface area (Å²) >= 11 is 1.52. The lowest BCUT2D eigenvalue weighted by atomic mass is 10.1. The average Bonchev–Trinajstić information content (AvgIpc) is 2.85. The highest BCUT2D eigenvalue weighted by Crippen LogP contribution is 2.26. The number of nitrogens with one attached hydrogen (secondary N) is 1. The van der Waals surface area contributed by atoms with Gasteiger partial charge in [-0.15, -0.1) is 11.8 Å². The second kappa shape index (κ2) is 7.09. The number of amides is 2. The summed E-state index contributed by atoms with van der Waals surface area (Å²) in [5.41, 5.74) is 0.593. The molecule has 2 saturated heterocycles. The molecule has 1 atom stereocenters. The van der Waals surface area contributed by atoms with E-state index in [4.69, 9.17) is 0 Å². The van der Waals surface area contributed by atoms with Crippen molar-refractivity contribution < 1.29 is 9.18 Å². The highest BCUT2D eigenvalue weighted by Gasteiger charge is 2.38. The second-order valence-corrected chi connectivity index (χ2v) is 7.23.